The highest BCUT2D eigenvalue weighted by Gasteiger charge is 2.33. The first-order valence-electron chi connectivity index (χ1n) is 7.05. The van der Waals surface area contributed by atoms with Crippen molar-refractivity contribution in [2.45, 2.75) is 64.8 Å². The van der Waals surface area contributed by atoms with Gasteiger partial charge in [0.05, 0.1) is 0 Å². The lowest BCUT2D eigenvalue weighted by Crippen LogP contribution is -2.50. The summed E-state index contributed by atoms with van der Waals surface area (Å²) in [6.45, 7) is 10.5. The van der Waals surface area contributed by atoms with Crippen LogP contribution in [-0.2, 0) is 0 Å². The molecule has 96 valence electrons. The quantitative estimate of drug-likeness (QED) is 0.705. The van der Waals surface area contributed by atoms with E-state index in [0.717, 1.165) is 12.5 Å². The lowest BCUT2D eigenvalue weighted by atomic mass is 9.81. The average Bonchev–Trinajstić information content (AvgIpc) is 2.21. The van der Waals surface area contributed by atoms with Gasteiger partial charge < -0.3 is 5.73 Å². The fourth-order valence-corrected chi connectivity index (χ4v) is 3.03. The third-order valence-corrected chi connectivity index (χ3v) is 4.06. The molecule has 0 aromatic rings. The first kappa shape index (κ1) is 14.0. The fourth-order valence-electron chi connectivity index (χ4n) is 3.03. The Hall–Kier alpha value is -0.0800. The predicted octanol–water partition coefficient (Wildman–Crippen LogP) is 3.02. The molecule has 0 spiro atoms. The third kappa shape index (κ3) is 4.06. The van der Waals surface area contributed by atoms with Gasteiger partial charge in [0.15, 0.2) is 0 Å². The standard InChI is InChI=1S/C14H30N2/c1-4-5-6-10-16-11-8-13(7-9-15)12-14(16,2)3/h13H,4-12,15H2,1-3H3. The molecule has 0 aliphatic carbocycles. The number of unbranched alkanes of at least 4 members (excludes halogenated alkanes) is 2. The summed E-state index contributed by atoms with van der Waals surface area (Å²) in [5.74, 6) is 0.863. The summed E-state index contributed by atoms with van der Waals surface area (Å²) in [5, 5.41) is 0. The monoisotopic (exact) mass is 226 g/mol. The maximum absolute atomic E-state index is 5.67. The summed E-state index contributed by atoms with van der Waals surface area (Å²) in [6, 6.07) is 0. The van der Waals surface area contributed by atoms with E-state index in [4.69, 9.17) is 5.73 Å². The summed E-state index contributed by atoms with van der Waals surface area (Å²) in [5.41, 5.74) is 6.06. The van der Waals surface area contributed by atoms with Crippen LogP contribution in [0, 0.1) is 5.92 Å². The molecule has 0 amide bonds. The van der Waals surface area contributed by atoms with Gasteiger partial charge in [-0.25, -0.2) is 0 Å². The summed E-state index contributed by atoms with van der Waals surface area (Å²) in [7, 11) is 0. The number of nitrogens with two attached hydrogens (primary N) is 1. The number of likely N-dealkylation sites (tertiary alicyclic amines) is 1. The van der Waals surface area contributed by atoms with E-state index in [2.05, 4.69) is 25.7 Å². The number of rotatable bonds is 6. The van der Waals surface area contributed by atoms with Crippen LogP contribution >= 0.6 is 0 Å². The Morgan fingerprint density at radius 3 is 2.62 bits per heavy atom. The van der Waals surface area contributed by atoms with Crippen LogP contribution in [0.25, 0.3) is 0 Å². The van der Waals surface area contributed by atoms with Crippen LogP contribution < -0.4 is 5.73 Å². The van der Waals surface area contributed by atoms with Crippen molar-refractivity contribution in [1.82, 2.24) is 4.90 Å². The zero-order valence-electron chi connectivity index (χ0n) is 11.5. The van der Waals surface area contributed by atoms with E-state index in [1.807, 2.05) is 0 Å². The lowest BCUT2D eigenvalue weighted by Gasteiger charge is -2.46. The third-order valence-electron chi connectivity index (χ3n) is 4.06. The fraction of sp³-hybridized carbons (Fsp3) is 1.00. The van der Waals surface area contributed by atoms with Crippen LogP contribution in [0.15, 0.2) is 0 Å². The van der Waals surface area contributed by atoms with E-state index in [9.17, 15) is 0 Å². The lowest BCUT2D eigenvalue weighted by molar-refractivity contribution is 0.0435. The van der Waals surface area contributed by atoms with E-state index in [-0.39, 0.29) is 0 Å². The minimum absolute atomic E-state index is 0.395. The van der Waals surface area contributed by atoms with E-state index >= 15 is 0 Å². The van der Waals surface area contributed by atoms with Gasteiger partial charge in [0, 0.05) is 5.54 Å². The molecule has 1 heterocycles. The minimum atomic E-state index is 0.395. The van der Waals surface area contributed by atoms with Gasteiger partial charge >= 0.3 is 0 Å². The molecule has 2 nitrogen and oxygen atoms in total. The van der Waals surface area contributed by atoms with Crippen LogP contribution in [0.3, 0.4) is 0 Å². The maximum Gasteiger partial charge on any atom is 0.0155 e. The van der Waals surface area contributed by atoms with Gasteiger partial charge in [-0.3, -0.25) is 4.90 Å². The molecule has 0 aromatic carbocycles. The zero-order valence-corrected chi connectivity index (χ0v) is 11.5. The highest BCUT2D eigenvalue weighted by Crippen LogP contribution is 2.33. The molecule has 1 saturated heterocycles. The van der Waals surface area contributed by atoms with E-state index in [0.29, 0.717) is 5.54 Å². The highest BCUT2D eigenvalue weighted by atomic mass is 15.2. The number of hydrogen-bond donors (Lipinski definition) is 1. The second-order valence-electron chi connectivity index (χ2n) is 5.94. The van der Waals surface area contributed by atoms with Crippen molar-refractivity contribution in [2.75, 3.05) is 19.6 Å². The van der Waals surface area contributed by atoms with Crippen LogP contribution in [0.1, 0.15) is 59.3 Å². The maximum atomic E-state index is 5.67. The molecule has 2 N–H and O–H groups in total. The van der Waals surface area contributed by atoms with Crippen molar-refractivity contribution in [3.8, 4) is 0 Å². The predicted molar refractivity (Wildman–Crippen MR) is 71.6 cm³/mol. The Morgan fingerprint density at radius 2 is 2.06 bits per heavy atom. The highest BCUT2D eigenvalue weighted by molar-refractivity contribution is 4.89. The van der Waals surface area contributed by atoms with Gasteiger partial charge in [-0.1, -0.05) is 19.8 Å². The Kier molecular flexibility index (Phi) is 5.77. The molecule has 1 aliphatic rings. The number of piperidine rings is 1. The first-order chi connectivity index (χ1) is 7.60. The van der Waals surface area contributed by atoms with Crippen molar-refractivity contribution in [3.05, 3.63) is 0 Å². The van der Waals surface area contributed by atoms with Crippen molar-refractivity contribution in [3.63, 3.8) is 0 Å². The largest absolute Gasteiger partial charge is 0.330 e. The molecule has 0 radical (unpaired) electrons. The topological polar surface area (TPSA) is 29.3 Å². The van der Waals surface area contributed by atoms with E-state index < -0.39 is 0 Å². The Morgan fingerprint density at radius 1 is 1.31 bits per heavy atom. The van der Waals surface area contributed by atoms with Gasteiger partial charge in [-0.05, 0) is 65.1 Å². The van der Waals surface area contributed by atoms with Gasteiger partial charge in [0.1, 0.15) is 0 Å². The Bertz CT molecular complexity index is 189. The molecule has 1 unspecified atom stereocenters. The van der Waals surface area contributed by atoms with Crippen molar-refractivity contribution < 1.29 is 0 Å². The average molecular weight is 226 g/mol. The Labute approximate surface area is 102 Å². The first-order valence-corrected chi connectivity index (χ1v) is 7.05. The van der Waals surface area contributed by atoms with Crippen molar-refractivity contribution >= 4 is 0 Å². The van der Waals surface area contributed by atoms with Gasteiger partial charge in [0.2, 0.25) is 0 Å². The molecule has 0 aromatic heterocycles. The SMILES string of the molecule is CCCCCN1CCC(CCN)CC1(C)C. The summed E-state index contributed by atoms with van der Waals surface area (Å²) < 4.78 is 0. The van der Waals surface area contributed by atoms with Crippen molar-refractivity contribution in [1.29, 1.82) is 0 Å². The van der Waals surface area contributed by atoms with E-state index in [1.54, 1.807) is 0 Å². The van der Waals surface area contributed by atoms with Crippen LogP contribution in [-0.4, -0.2) is 30.1 Å². The normalized spacial score (nSPS) is 25.9. The molecule has 1 fully saturated rings. The van der Waals surface area contributed by atoms with Gasteiger partial charge in [-0.15, -0.1) is 0 Å². The number of hydrogen-bond acceptors (Lipinski definition) is 2. The van der Waals surface area contributed by atoms with Gasteiger partial charge in [0.25, 0.3) is 0 Å². The molecule has 1 rings (SSSR count). The van der Waals surface area contributed by atoms with Crippen LogP contribution in [0.4, 0.5) is 0 Å². The van der Waals surface area contributed by atoms with Crippen molar-refractivity contribution in [2.24, 2.45) is 11.7 Å². The smallest absolute Gasteiger partial charge is 0.0155 e. The zero-order chi connectivity index (χ0) is 12.0. The molecule has 16 heavy (non-hydrogen) atoms. The minimum Gasteiger partial charge on any atom is -0.330 e. The molecule has 1 atom stereocenters. The number of nitrogens with zero attached hydrogens (tertiary/aromatic N) is 1. The summed E-state index contributed by atoms with van der Waals surface area (Å²) >= 11 is 0. The second kappa shape index (κ2) is 6.61. The van der Waals surface area contributed by atoms with Crippen LogP contribution in [0.2, 0.25) is 0 Å². The summed E-state index contributed by atoms with van der Waals surface area (Å²) in [6.07, 6.45) is 7.96. The van der Waals surface area contributed by atoms with E-state index in [1.165, 1.54) is 51.6 Å². The van der Waals surface area contributed by atoms with Gasteiger partial charge in [-0.2, -0.15) is 0 Å². The Balaban J connectivity index is 2.37. The molecule has 1 aliphatic heterocycles. The molecule has 2 heteroatoms. The molecule has 0 saturated carbocycles. The second-order valence-corrected chi connectivity index (χ2v) is 5.94. The molecular weight excluding hydrogens is 196 g/mol. The molecule has 0 bridgehead atoms. The summed E-state index contributed by atoms with van der Waals surface area (Å²) in [4.78, 5) is 2.69. The molecular formula is C14H30N2. The van der Waals surface area contributed by atoms with Crippen LogP contribution in [0.5, 0.6) is 0 Å².